The molecule has 5 nitrogen and oxygen atoms in total. The van der Waals surface area contributed by atoms with Crippen molar-refractivity contribution in [3.8, 4) is 0 Å². The van der Waals surface area contributed by atoms with Gasteiger partial charge in [-0.25, -0.2) is 0 Å². The maximum Gasteiger partial charge on any atom is 0.253 e. The highest BCUT2D eigenvalue weighted by Gasteiger charge is 2.19. The maximum absolute atomic E-state index is 11.6. The number of morpholine rings is 1. The summed E-state index contributed by atoms with van der Waals surface area (Å²) in [5.74, 6) is -0.00839. The molecule has 98 valence electrons. The standard InChI is InChI=1S/C13H18N2O3/c1-10(16)8-14-11-2-4-12(5-3-11)15-6-7-18-9-13(15)17/h2-5,10,14,16H,6-9H2,1H3/t10-/m0/s1. The number of nitrogens with one attached hydrogen (secondary N) is 1. The van der Waals surface area contributed by atoms with E-state index >= 15 is 0 Å². The zero-order chi connectivity index (χ0) is 13.0. The second-order valence-corrected chi connectivity index (χ2v) is 4.37. The number of anilines is 2. The highest BCUT2D eigenvalue weighted by atomic mass is 16.5. The largest absolute Gasteiger partial charge is 0.392 e. The number of hydrogen-bond acceptors (Lipinski definition) is 4. The molecule has 1 aromatic carbocycles. The number of carbonyl (C=O) groups excluding carboxylic acids is 1. The van der Waals surface area contributed by atoms with Gasteiger partial charge >= 0.3 is 0 Å². The van der Waals surface area contributed by atoms with Crippen LogP contribution in [0.3, 0.4) is 0 Å². The normalized spacial score (nSPS) is 17.7. The van der Waals surface area contributed by atoms with E-state index in [1.807, 2.05) is 24.3 Å². The Morgan fingerprint density at radius 3 is 2.78 bits per heavy atom. The highest BCUT2D eigenvalue weighted by molar-refractivity contribution is 5.94. The van der Waals surface area contributed by atoms with Gasteiger partial charge in [0.25, 0.3) is 5.91 Å². The molecule has 0 aliphatic carbocycles. The Balaban J connectivity index is 2.00. The van der Waals surface area contributed by atoms with Gasteiger partial charge in [0.1, 0.15) is 6.61 Å². The lowest BCUT2D eigenvalue weighted by Crippen LogP contribution is -2.41. The van der Waals surface area contributed by atoms with Crippen molar-refractivity contribution >= 4 is 17.3 Å². The molecule has 0 unspecified atom stereocenters. The third-order valence-corrected chi connectivity index (χ3v) is 2.77. The van der Waals surface area contributed by atoms with Gasteiger partial charge in [0.2, 0.25) is 0 Å². The van der Waals surface area contributed by atoms with E-state index in [4.69, 9.17) is 4.74 Å². The third-order valence-electron chi connectivity index (χ3n) is 2.77. The summed E-state index contributed by atoms with van der Waals surface area (Å²) >= 11 is 0. The summed E-state index contributed by atoms with van der Waals surface area (Å²) < 4.78 is 5.09. The summed E-state index contributed by atoms with van der Waals surface area (Å²) in [4.78, 5) is 13.4. The van der Waals surface area contributed by atoms with Gasteiger partial charge < -0.3 is 20.1 Å². The molecular formula is C13H18N2O3. The SMILES string of the molecule is C[C@H](O)CNc1ccc(N2CCOCC2=O)cc1. The monoisotopic (exact) mass is 250 g/mol. The first-order chi connectivity index (χ1) is 8.66. The van der Waals surface area contributed by atoms with Crippen LogP contribution in [0.2, 0.25) is 0 Å². The lowest BCUT2D eigenvalue weighted by molar-refractivity contribution is -0.125. The van der Waals surface area contributed by atoms with E-state index in [9.17, 15) is 9.90 Å². The van der Waals surface area contributed by atoms with Gasteiger partial charge in [0, 0.05) is 24.5 Å². The number of aliphatic hydroxyl groups excluding tert-OH is 1. The average molecular weight is 250 g/mol. The molecule has 1 fully saturated rings. The molecule has 0 aromatic heterocycles. The summed E-state index contributed by atoms with van der Waals surface area (Å²) in [5.41, 5.74) is 1.81. The van der Waals surface area contributed by atoms with E-state index in [2.05, 4.69) is 5.32 Å². The van der Waals surface area contributed by atoms with E-state index < -0.39 is 0 Å². The lowest BCUT2D eigenvalue weighted by Gasteiger charge is -2.27. The summed E-state index contributed by atoms with van der Waals surface area (Å²) in [6.45, 7) is 3.57. The molecule has 2 N–H and O–H groups in total. The molecule has 5 heteroatoms. The Morgan fingerprint density at radius 2 is 2.17 bits per heavy atom. The van der Waals surface area contributed by atoms with E-state index in [0.717, 1.165) is 11.4 Å². The van der Waals surface area contributed by atoms with Crippen LogP contribution in [-0.2, 0) is 9.53 Å². The number of rotatable bonds is 4. The summed E-state index contributed by atoms with van der Waals surface area (Å²) in [5, 5.41) is 12.3. The first kappa shape index (κ1) is 12.9. The number of nitrogens with zero attached hydrogens (tertiary/aromatic N) is 1. The zero-order valence-electron chi connectivity index (χ0n) is 10.4. The minimum Gasteiger partial charge on any atom is -0.392 e. The van der Waals surface area contributed by atoms with Crippen LogP contribution in [-0.4, -0.2) is 43.4 Å². The van der Waals surface area contributed by atoms with Crippen LogP contribution in [0.25, 0.3) is 0 Å². The number of aliphatic hydroxyl groups is 1. The number of ether oxygens (including phenoxy) is 1. The van der Waals surface area contributed by atoms with E-state index in [1.54, 1.807) is 11.8 Å². The molecule has 0 spiro atoms. The smallest absolute Gasteiger partial charge is 0.253 e. The molecule has 1 atom stereocenters. The summed E-state index contributed by atoms with van der Waals surface area (Å²) in [7, 11) is 0. The Bertz CT molecular complexity index is 403. The number of carbonyl (C=O) groups is 1. The average Bonchev–Trinajstić information content (AvgIpc) is 2.38. The minimum atomic E-state index is -0.384. The van der Waals surface area contributed by atoms with Gasteiger partial charge in [0.05, 0.1) is 12.7 Å². The zero-order valence-corrected chi connectivity index (χ0v) is 10.4. The Kier molecular flexibility index (Phi) is 4.17. The minimum absolute atomic E-state index is 0.00839. The number of benzene rings is 1. The van der Waals surface area contributed by atoms with Gasteiger partial charge in [-0.1, -0.05) is 0 Å². The molecule has 18 heavy (non-hydrogen) atoms. The molecule has 1 heterocycles. The number of amides is 1. The van der Waals surface area contributed by atoms with Crippen LogP contribution in [0.15, 0.2) is 24.3 Å². The molecular weight excluding hydrogens is 232 g/mol. The van der Waals surface area contributed by atoms with Crippen molar-refractivity contribution in [3.63, 3.8) is 0 Å². The van der Waals surface area contributed by atoms with Crippen LogP contribution >= 0.6 is 0 Å². The Labute approximate surface area is 106 Å². The number of hydrogen-bond donors (Lipinski definition) is 2. The van der Waals surface area contributed by atoms with Crippen LogP contribution in [0.4, 0.5) is 11.4 Å². The molecule has 0 bridgehead atoms. The molecule has 0 saturated carbocycles. The van der Waals surface area contributed by atoms with Crippen molar-refractivity contribution in [3.05, 3.63) is 24.3 Å². The lowest BCUT2D eigenvalue weighted by atomic mass is 10.2. The van der Waals surface area contributed by atoms with Gasteiger partial charge in [-0.3, -0.25) is 4.79 Å². The van der Waals surface area contributed by atoms with Crippen LogP contribution in [0.1, 0.15) is 6.92 Å². The van der Waals surface area contributed by atoms with Crippen molar-refractivity contribution < 1.29 is 14.6 Å². The summed E-state index contributed by atoms with van der Waals surface area (Å²) in [6.07, 6.45) is -0.384. The van der Waals surface area contributed by atoms with Crippen molar-refractivity contribution in [1.29, 1.82) is 0 Å². The topological polar surface area (TPSA) is 61.8 Å². The molecule has 1 aliphatic heterocycles. The highest BCUT2D eigenvalue weighted by Crippen LogP contribution is 2.19. The van der Waals surface area contributed by atoms with Crippen molar-refractivity contribution in [2.24, 2.45) is 0 Å². The van der Waals surface area contributed by atoms with E-state index in [0.29, 0.717) is 19.7 Å². The van der Waals surface area contributed by atoms with Crippen LogP contribution in [0, 0.1) is 0 Å². The predicted octanol–water partition coefficient (Wildman–Crippen LogP) is 0.842. The summed E-state index contributed by atoms with van der Waals surface area (Å²) in [6, 6.07) is 7.60. The first-order valence-corrected chi connectivity index (χ1v) is 6.07. The Hall–Kier alpha value is -1.59. The molecule has 1 aromatic rings. The second-order valence-electron chi connectivity index (χ2n) is 4.37. The fraction of sp³-hybridized carbons (Fsp3) is 0.462. The van der Waals surface area contributed by atoms with Crippen molar-refractivity contribution in [2.75, 3.05) is 36.5 Å². The van der Waals surface area contributed by atoms with Crippen molar-refractivity contribution in [2.45, 2.75) is 13.0 Å². The maximum atomic E-state index is 11.6. The van der Waals surface area contributed by atoms with Crippen LogP contribution < -0.4 is 10.2 Å². The van der Waals surface area contributed by atoms with Gasteiger partial charge in [-0.05, 0) is 31.2 Å². The van der Waals surface area contributed by atoms with E-state index in [-0.39, 0.29) is 18.6 Å². The predicted molar refractivity (Wildman–Crippen MR) is 69.8 cm³/mol. The first-order valence-electron chi connectivity index (χ1n) is 6.07. The quantitative estimate of drug-likeness (QED) is 0.831. The Morgan fingerprint density at radius 1 is 1.44 bits per heavy atom. The molecule has 2 rings (SSSR count). The van der Waals surface area contributed by atoms with Gasteiger partial charge in [0.15, 0.2) is 0 Å². The fourth-order valence-corrected chi connectivity index (χ4v) is 1.82. The van der Waals surface area contributed by atoms with Crippen molar-refractivity contribution in [1.82, 2.24) is 0 Å². The molecule has 1 amide bonds. The molecule has 1 saturated heterocycles. The van der Waals surface area contributed by atoms with E-state index in [1.165, 1.54) is 0 Å². The molecule has 0 radical (unpaired) electrons. The van der Waals surface area contributed by atoms with Crippen LogP contribution in [0.5, 0.6) is 0 Å². The van der Waals surface area contributed by atoms with Gasteiger partial charge in [-0.15, -0.1) is 0 Å². The third kappa shape index (κ3) is 3.21. The van der Waals surface area contributed by atoms with Gasteiger partial charge in [-0.2, -0.15) is 0 Å². The fourth-order valence-electron chi connectivity index (χ4n) is 1.82. The molecule has 1 aliphatic rings. The second kappa shape index (κ2) is 5.84.